The number of benzene rings is 2. The Morgan fingerprint density at radius 2 is 1.94 bits per heavy atom. The quantitative estimate of drug-likeness (QED) is 0.242. The van der Waals surface area contributed by atoms with Crippen molar-refractivity contribution >= 4 is 29.3 Å². The van der Waals surface area contributed by atoms with E-state index in [9.17, 15) is 9.59 Å². The zero-order valence-corrected chi connectivity index (χ0v) is 20.3. The minimum Gasteiger partial charge on any atom is -0.486 e. The third-order valence-electron chi connectivity index (χ3n) is 4.92. The van der Waals surface area contributed by atoms with E-state index in [2.05, 4.69) is 48.1 Å². The Morgan fingerprint density at radius 3 is 2.62 bits per heavy atom. The standard InChI is InChI=1S/C25H28N4O4S/c1-5-13-29-22(15-33-21-11-9-18(10-12-21)17(2)3)27-28-25(29)34-16-23(30)26-20-8-6-7-19(14-20)24(31)32-4/h5-12,14,17H,1,13,15-16H2,2-4H3,(H,26,30). The lowest BCUT2D eigenvalue weighted by molar-refractivity contribution is -0.113. The molecule has 0 aliphatic heterocycles. The SMILES string of the molecule is C=CCn1c(COc2ccc(C(C)C)cc2)nnc1SCC(=O)Nc1cccc(C(=O)OC)c1. The van der Waals surface area contributed by atoms with Gasteiger partial charge < -0.3 is 14.8 Å². The molecule has 2 aromatic carbocycles. The van der Waals surface area contributed by atoms with Crippen molar-refractivity contribution in [2.75, 3.05) is 18.2 Å². The van der Waals surface area contributed by atoms with Crippen molar-refractivity contribution in [3.8, 4) is 5.75 Å². The van der Waals surface area contributed by atoms with E-state index >= 15 is 0 Å². The molecule has 0 aliphatic carbocycles. The summed E-state index contributed by atoms with van der Waals surface area (Å²) in [5, 5.41) is 11.8. The summed E-state index contributed by atoms with van der Waals surface area (Å²) in [4.78, 5) is 24.1. The number of anilines is 1. The average molecular weight is 481 g/mol. The Labute approximate surface area is 203 Å². The molecule has 0 radical (unpaired) electrons. The van der Waals surface area contributed by atoms with Gasteiger partial charge in [-0.2, -0.15) is 0 Å². The fourth-order valence-corrected chi connectivity index (χ4v) is 3.88. The van der Waals surface area contributed by atoms with Crippen molar-refractivity contribution in [2.24, 2.45) is 0 Å². The number of aromatic nitrogens is 3. The maximum atomic E-state index is 12.4. The van der Waals surface area contributed by atoms with Gasteiger partial charge in [0, 0.05) is 12.2 Å². The Hall–Kier alpha value is -3.59. The largest absolute Gasteiger partial charge is 0.486 e. The zero-order chi connectivity index (χ0) is 24.5. The minimum atomic E-state index is -0.464. The van der Waals surface area contributed by atoms with Gasteiger partial charge in [-0.1, -0.05) is 49.9 Å². The summed E-state index contributed by atoms with van der Waals surface area (Å²) < 4.78 is 12.5. The molecule has 3 rings (SSSR count). The van der Waals surface area contributed by atoms with Crippen LogP contribution in [0.15, 0.2) is 66.3 Å². The number of methoxy groups -OCH3 is 1. The third kappa shape index (κ3) is 6.71. The number of nitrogens with one attached hydrogen (secondary N) is 1. The fourth-order valence-electron chi connectivity index (χ4n) is 3.11. The van der Waals surface area contributed by atoms with Crippen LogP contribution in [0.3, 0.4) is 0 Å². The van der Waals surface area contributed by atoms with E-state index in [4.69, 9.17) is 9.47 Å². The van der Waals surface area contributed by atoms with Gasteiger partial charge in [0.15, 0.2) is 11.0 Å². The highest BCUT2D eigenvalue weighted by Crippen LogP contribution is 2.21. The Bertz CT molecular complexity index is 1140. The monoisotopic (exact) mass is 480 g/mol. The molecule has 1 amide bonds. The predicted molar refractivity (Wildman–Crippen MR) is 132 cm³/mol. The van der Waals surface area contributed by atoms with Gasteiger partial charge in [0.1, 0.15) is 12.4 Å². The summed E-state index contributed by atoms with van der Waals surface area (Å²) in [5.74, 6) is 1.27. The summed E-state index contributed by atoms with van der Waals surface area (Å²) in [6.07, 6.45) is 1.74. The second-order valence-electron chi connectivity index (χ2n) is 7.72. The number of allylic oxidation sites excluding steroid dienone is 1. The molecule has 0 atom stereocenters. The smallest absolute Gasteiger partial charge is 0.337 e. The van der Waals surface area contributed by atoms with Crippen LogP contribution in [0.2, 0.25) is 0 Å². The van der Waals surface area contributed by atoms with E-state index in [1.165, 1.54) is 24.4 Å². The number of rotatable bonds is 11. The summed E-state index contributed by atoms with van der Waals surface area (Å²) in [7, 11) is 1.31. The molecule has 34 heavy (non-hydrogen) atoms. The van der Waals surface area contributed by atoms with Crippen LogP contribution in [0.25, 0.3) is 0 Å². The second kappa shape index (κ2) is 12.0. The first-order valence-electron chi connectivity index (χ1n) is 10.8. The van der Waals surface area contributed by atoms with Gasteiger partial charge in [0.05, 0.1) is 18.4 Å². The van der Waals surface area contributed by atoms with E-state index in [1.807, 2.05) is 16.7 Å². The predicted octanol–water partition coefficient (Wildman–Crippen LogP) is 4.68. The van der Waals surface area contributed by atoms with Gasteiger partial charge in [-0.05, 0) is 41.8 Å². The molecule has 0 saturated heterocycles. The number of esters is 1. The van der Waals surface area contributed by atoms with Crippen LogP contribution in [0.1, 0.15) is 41.5 Å². The molecular weight excluding hydrogens is 452 g/mol. The van der Waals surface area contributed by atoms with Crippen molar-refractivity contribution in [1.29, 1.82) is 0 Å². The van der Waals surface area contributed by atoms with Crippen molar-refractivity contribution in [2.45, 2.75) is 38.1 Å². The van der Waals surface area contributed by atoms with Crippen LogP contribution >= 0.6 is 11.8 Å². The van der Waals surface area contributed by atoms with Gasteiger partial charge in [0.2, 0.25) is 5.91 Å². The highest BCUT2D eigenvalue weighted by molar-refractivity contribution is 7.99. The number of nitrogens with zero attached hydrogens (tertiary/aromatic N) is 3. The van der Waals surface area contributed by atoms with E-state index in [0.717, 1.165) is 5.75 Å². The van der Waals surface area contributed by atoms with Crippen LogP contribution in [-0.4, -0.2) is 39.5 Å². The lowest BCUT2D eigenvalue weighted by Crippen LogP contribution is -2.15. The molecule has 0 fully saturated rings. The Kier molecular flexibility index (Phi) is 8.86. The number of carbonyl (C=O) groups excluding carboxylic acids is 2. The minimum absolute atomic E-state index is 0.120. The molecule has 1 aromatic heterocycles. The van der Waals surface area contributed by atoms with Crippen LogP contribution in [-0.2, 0) is 22.7 Å². The first-order valence-corrected chi connectivity index (χ1v) is 11.8. The van der Waals surface area contributed by atoms with E-state index in [1.54, 1.807) is 30.3 Å². The fraction of sp³-hybridized carbons (Fsp3) is 0.280. The zero-order valence-electron chi connectivity index (χ0n) is 19.5. The van der Waals surface area contributed by atoms with Gasteiger partial charge in [-0.25, -0.2) is 4.79 Å². The van der Waals surface area contributed by atoms with E-state index in [-0.39, 0.29) is 18.3 Å². The van der Waals surface area contributed by atoms with Crippen LogP contribution in [0.5, 0.6) is 5.75 Å². The first kappa shape index (κ1) is 25.0. The third-order valence-corrected chi connectivity index (χ3v) is 5.89. The first-order chi connectivity index (χ1) is 16.4. The summed E-state index contributed by atoms with van der Waals surface area (Å²) in [6, 6.07) is 14.6. The molecule has 1 N–H and O–H groups in total. The molecule has 0 unspecified atom stereocenters. The van der Waals surface area contributed by atoms with Crippen molar-refractivity contribution in [3.63, 3.8) is 0 Å². The van der Waals surface area contributed by atoms with Gasteiger partial charge in [-0.15, -0.1) is 16.8 Å². The molecule has 8 nitrogen and oxygen atoms in total. The molecule has 9 heteroatoms. The summed E-state index contributed by atoms with van der Waals surface area (Å²) in [5.41, 5.74) is 2.12. The van der Waals surface area contributed by atoms with Gasteiger partial charge in [-0.3, -0.25) is 9.36 Å². The van der Waals surface area contributed by atoms with Crippen molar-refractivity contribution in [1.82, 2.24) is 14.8 Å². The highest BCUT2D eigenvalue weighted by Gasteiger charge is 2.15. The van der Waals surface area contributed by atoms with E-state index < -0.39 is 5.97 Å². The Balaban J connectivity index is 1.60. The van der Waals surface area contributed by atoms with Crippen molar-refractivity contribution < 1.29 is 19.1 Å². The maximum Gasteiger partial charge on any atom is 0.337 e. The molecule has 0 aliphatic rings. The number of carbonyl (C=O) groups is 2. The Morgan fingerprint density at radius 1 is 1.18 bits per heavy atom. The molecule has 3 aromatic rings. The average Bonchev–Trinajstić information content (AvgIpc) is 3.23. The molecule has 1 heterocycles. The summed E-state index contributed by atoms with van der Waals surface area (Å²) in [6.45, 7) is 8.82. The number of amides is 1. The van der Waals surface area contributed by atoms with Crippen LogP contribution in [0, 0.1) is 0 Å². The molecular formula is C25H28N4O4S. The normalized spacial score (nSPS) is 10.7. The number of hydrogen-bond acceptors (Lipinski definition) is 7. The summed E-state index contributed by atoms with van der Waals surface area (Å²) >= 11 is 1.26. The lowest BCUT2D eigenvalue weighted by Gasteiger charge is -2.10. The van der Waals surface area contributed by atoms with Gasteiger partial charge >= 0.3 is 5.97 Å². The highest BCUT2D eigenvalue weighted by atomic mass is 32.2. The lowest BCUT2D eigenvalue weighted by atomic mass is 10.0. The van der Waals surface area contributed by atoms with Crippen LogP contribution < -0.4 is 10.1 Å². The molecule has 0 spiro atoms. The number of thioether (sulfide) groups is 1. The van der Waals surface area contributed by atoms with Crippen molar-refractivity contribution in [3.05, 3.63) is 78.1 Å². The molecule has 178 valence electrons. The van der Waals surface area contributed by atoms with Gasteiger partial charge in [0.25, 0.3) is 0 Å². The molecule has 0 bridgehead atoms. The van der Waals surface area contributed by atoms with E-state index in [0.29, 0.717) is 34.7 Å². The second-order valence-corrected chi connectivity index (χ2v) is 8.66. The maximum absolute atomic E-state index is 12.4. The molecule has 0 saturated carbocycles. The number of ether oxygens (including phenoxy) is 2. The van der Waals surface area contributed by atoms with Crippen LogP contribution in [0.4, 0.5) is 5.69 Å². The number of hydrogen-bond donors (Lipinski definition) is 1. The topological polar surface area (TPSA) is 95.3 Å².